The van der Waals surface area contributed by atoms with Crippen LogP contribution in [0.3, 0.4) is 0 Å². The lowest BCUT2D eigenvalue weighted by Crippen LogP contribution is -1.98. The van der Waals surface area contributed by atoms with E-state index >= 15 is 0 Å². The number of rotatable bonds is 5. The Bertz CT molecular complexity index is 319. The molecule has 1 nitrogen and oxygen atoms in total. The van der Waals surface area contributed by atoms with Crippen LogP contribution in [0.4, 0.5) is 0 Å². The van der Waals surface area contributed by atoms with Gasteiger partial charge in [0.2, 0.25) is 0 Å². The van der Waals surface area contributed by atoms with Crippen LogP contribution < -0.4 is 0 Å². The molecule has 0 bridgehead atoms. The topological polar surface area (TPSA) is 17.1 Å². The third-order valence-electron chi connectivity index (χ3n) is 1.59. The van der Waals surface area contributed by atoms with E-state index in [4.69, 9.17) is 0 Å². The molecule has 1 aromatic rings. The highest BCUT2D eigenvalue weighted by molar-refractivity contribution is 9.10. The van der Waals surface area contributed by atoms with E-state index < -0.39 is 0 Å². The van der Waals surface area contributed by atoms with Crippen molar-refractivity contribution in [3.05, 3.63) is 41.4 Å². The fourth-order valence-corrected chi connectivity index (χ4v) is 1.95. The Morgan fingerprint density at radius 1 is 1.43 bits per heavy atom. The van der Waals surface area contributed by atoms with Gasteiger partial charge in [-0.2, -0.15) is 0 Å². The van der Waals surface area contributed by atoms with Gasteiger partial charge in [-0.05, 0) is 24.3 Å². The van der Waals surface area contributed by atoms with Crippen molar-refractivity contribution in [3.63, 3.8) is 0 Å². The highest BCUT2D eigenvalue weighted by Gasteiger charge is 2.00. The zero-order chi connectivity index (χ0) is 10.4. The summed E-state index contributed by atoms with van der Waals surface area (Å²) >= 11 is 4.92. The lowest BCUT2D eigenvalue weighted by Gasteiger charge is -1.99. The van der Waals surface area contributed by atoms with Crippen LogP contribution in [0.2, 0.25) is 0 Å². The van der Waals surface area contributed by atoms with Crippen LogP contribution in [-0.4, -0.2) is 11.5 Å². The Balaban J connectivity index is 2.41. The molecule has 1 aromatic carbocycles. The summed E-state index contributed by atoms with van der Waals surface area (Å²) in [6, 6.07) is 7.94. The van der Waals surface area contributed by atoms with Crippen molar-refractivity contribution in [1.82, 2.24) is 0 Å². The van der Waals surface area contributed by atoms with Gasteiger partial charge in [0.25, 0.3) is 0 Å². The zero-order valence-electron chi connectivity index (χ0n) is 7.70. The molecule has 0 aliphatic heterocycles. The minimum atomic E-state index is 0.216. The second-order valence-electron chi connectivity index (χ2n) is 2.77. The van der Waals surface area contributed by atoms with Gasteiger partial charge in [-0.3, -0.25) is 4.79 Å². The molecule has 0 atom stereocenters. The van der Waals surface area contributed by atoms with Crippen molar-refractivity contribution in [2.75, 3.05) is 5.75 Å². The van der Waals surface area contributed by atoms with E-state index in [0.717, 1.165) is 9.37 Å². The fourth-order valence-electron chi connectivity index (χ4n) is 0.915. The largest absolute Gasteiger partial charge is 0.298 e. The quantitative estimate of drug-likeness (QED) is 0.600. The second-order valence-corrected chi connectivity index (χ2v) is 4.74. The highest BCUT2D eigenvalue weighted by Crippen LogP contribution is 2.20. The first-order valence-electron chi connectivity index (χ1n) is 4.23. The molecular formula is C11H11BrOS. The number of carbonyl (C=O) groups excluding carboxylic acids is 1. The van der Waals surface area contributed by atoms with Gasteiger partial charge in [0.15, 0.2) is 0 Å². The third-order valence-corrected chi connectivity index (χ3v) is 3.19. The smallest absolute Gasteiger partial charge is 0.146 e. The Hall–Kier alpha value is -0.540. The van der Waals surface area contributed by atoms with Gasteiger partial charge in [0.05, 0.1) is 5.75 Å². The number of carbonyl (C=O) groups is 1. The monoisotopic (exact) mass is 270 g/mol. The van der Waals surface area contributed by atoms with E-state index in [1.165, 1.54) is 0 Å². The standard InChI is InChI=1S/C11H11BrOS/c1-2-3-10(13)8-14-11-6-4-9(12)5-7-11/h2,4-7H,1,3,8H2. The molecular weight excluding hydrogens is 260 g/mol. The van der Waals surface area contributed by atoms with Crippen LogP contribution in [0.1, 0.15) is 6.42 Å². The first kappa shape index (κ1) is 11.5. The highest BCUT2D eigenvalue weighted by atomic mass is 79.9. The maximum Gasteiger partial charge on any atom is 0.146 e. The van der Waals surface area contributed by atoms with Gasteiger partial charge >= 0.3 is 0 Å². The summed E-state index contributed by atoms with van der Waals surface area (Å²) in [6.07, 6.45) is 2.11. The van der Waals surface area contributed by atoms with E-state index in [-0.39, 0.29) is 5.78 Å². The van der Waals surface area contributed by atoms with Crippen LogP contribution in [0, 0.1) is 0 Å². The van der Waals surface area contributed by atoms with Crippen molar-refractivity contribution >= 4 is 33.5 Å². The maximum atomic E-state index is 11.2. The molecule has 14 heavy (non-hydrogen) atoms. The van der Waals surface area contributed by atoms with Crippen LogP contribution in [0.25, 0.3) is 0 Å². The van der Waals surface area contributed by atoms with Gasteiger partial charge in [-0.1, -0.05) is 22.0 Å². The number of hydrogen-bond donors (Lipinski definition) is 0. The minimum absolute atomic E-state index is 0.216. The predicted molar refractivity (Wildman–Crippen MR) is 64.7 cm³/mol. The lowest BCUT2D eigenvalue weighted by molar-refractivity contribution is -0.115. The third kappa shape index (κ3) is 4.11. The molecule has 0 unspecified atom stereocenters. The minimum Gasteiger partial charge on any atom is -0.298 e. The van der Waals surface area contributed by atoms with Gasteiger partial charge < -0.3 is 0 Å². The van der Waals surface area contributed by atoms with Crippen LogP contribution in [0.5, 0.6) is 0 Å². The average molecular weight is 271 g/mol. The molecule has 0 radical (unpaired) electrons. The van der Waals surface area contributed by atoms with E-state index in [1.807, 2.05) is 24.3 Å². The molecule has 0 amide bonds. The van der Waals surface area contributed by atoms with Gasteiger partial charge in [-0.25, -0.2) is 0 Å². The molecule has 0 saturated carbocycles. The van der Waals surface area contributed by atoms with E-state index in [2.05, 4.69) is 22.5 Å². The summed E-state index contributed by atoms with van der Waals surface area (Å²) in [5.74, 6) is 0.737. The SMILES string of the molecule is C=CCC(=O)CSc1ccc(Br)cc1. The summed E-state index contributed by atoms with van der Waals surface area (Å²) in [5.41, 5.74) is 0. The molecule has 3 heteroatoms. The van der Waals surface area contributed by atoms with E-state index in [1.54, 1.807) is 17.8 Å². The summed E-state index contributed by atoms with van der Waals surface area (Å²) in [7, 11) is 0. The van der Waals surface area contributed by atoms with Crippen molar-refractivity contribution < 1.29 is 4.79 Å². The summed E-state index contributed by atoms with van der Waals surface area (Å²) < 4.78 is 1.05. The Kier molecular flexibility index (Phi) is 4.98. The molecule has 0 aliphatic rings. The molecule has 0 aliphatic carbocycles. The van der Waals surface area contributed by atoms with E-state index in [0.29, 0.717) is 12.2 Å². The average Bonchev–Trinajstić information content (AvgIpc) is 2.17. The zero-order valence-corrected chi connectivity index (χ0v) is 10.1. The number of benzene rings is 1. The molecule has 0 aromatic heterocycles. The van der Waals surface area contributed by atoms with E-state index in [9.17, 15) is 4.79 Å². The Morgan fingerprint density at radius 2 is 2.07 bits per heavy atom. The summed E-state index contributed by atoms with van der Waals surface area (Å²) in [5, 5.41) is 0. The van der Waals surface area contributed by atoms with Crippen LogP contribution in [0.15, 0.2) is 46.3 Å². The number of allylic oxidation sites excluding steroid dienone is 1. The van der Waals surface area contributed by atoms with Crippen LogP contribution >= 0.6 is 27.7 Å². The van der Waals surface area contributed by atoms with Crippen molar-refractivity contribution in [2.24, 2.45) is 0 Å². The van der Waals surface area contributed by atoms with Crippen molar-refractivity contribution in [3.8, 4) is 0 Å². The first-order chi connectivity index (χ1) is 6.72. The molecule has 0 fully saturated rings. The second kappa shape index (κ2) is 6.04. The number of ketones is 1. The fraction of sp³-hybridized carbons (Fsp3) is 0.182. The predicted octanol–water partition coefficient (Wildman–Crippen LogP) is 3.69. The summed E-state index contributed by atoms with van der Waals surface area (Å²) in [4.78, 5) is 12.3. The number of Topliss-reactive ketones (excluding diaryl/α,β-unsaturated/α-hetero) is 1. The van der Waals surface area contributed by atoms with Crippen LogP contribution in [-0.2, 0) is 4.79 Å². The molecule has 74 valence electrons. The van der Waals surface area contributed by atoms with Gasteiger partial charge in [0.1, 0.15) is 5.78 Å². The Labute approximate surface area is 96.7 Å². The van der Waals surface area contributed by atoms with Crippen molar-refractivity contribution in [1.29, 1.82) is 0 Å². The maximum absolute atomic E-state index is 11.2. The first-order valence-corrected chi connectivity index (χ1v) is 6.01. The normalized spacial score (nSPS) is 9.79. The summed E-state index contributed by atoms with van der Waals surface area (Å²) in [6.45, 7) is 3.53. The Morgan fingerprint density at radius 3 is 2.64 bits per heavy atom. The molecule has 0 heterocycles. The lowest BCUT2D eigenvalue weighted by atomic mass is 10.3. The number of halogens is 1. The van der Waals surface area contributed by atoms with Gasteiger partial charge in [-0.15, -0.1) is 18.3 Å². The number of thioether (sulfide) groups is 1. The molecule has 0 saturated heterocycles. The van der Waals surface area contributed by atoms with Crippen molar-refractivity contribution in [2.45, 2.75) is 11.3 Å². The molecule has 1 rings (SSSR count). The number of hydrogen-bond acceptors (Lipinski definition) is 2. The molecule has 0 N–H and O–H groups in total. The van der Waals surface area contributed by atoms with Gasteiger partial charge in [0, 0.05) is 15.8 Å². The molecule has 0 spiro atoms.